The predicted molar refractivity (Wildman–Crippen MR) is 95.4 cm³/mol. The van der Waals surface area contributed by atoms with Crippen molar-refractivity contribution in [3.63, 3.8) is 0 Å². The quantitative estimate of drug-likeness (QED) is 0.857. The van der Waals surface area contributed by atoms with E-state index >= 15 is 0 Å². The Balaban J connectivity index is 1.85. The van der Waals surface area contributed by atoms with Gasteiger partial charge in [-0.05, 0) is 55.2 Å². The maximum Gasteiger partial charge on any atom is 0.160 e. The summed E-state index contributed by atoms with van der Waals surface area (Å²) in [5.74, 6) is 2.63. The Morgan fingerprint density at radius 3 is 2.67 bits per heavy atom. The smallest absolute Gasteiger partial charge is 0.160 e. The van der Waals surface area contributed by atoms with Gasteiger partial charge in [-0.15, -0.1) is 0 Å². The van der Waals surface area contributed by atoms with E-state index in [0.717, 1.165) is 50.3 Å². The van der Waals surface area contributed by atoms with Crippen LogP contribution < -0.4 is 0 Å². The third-order valence-corrected chi connectivity index (χ3v) is 5.66. The molecule has 4 nitrogen and oxygen atoms in total. The lowest BCUT2D eigenvalue weighted by Gasteiger charge is -2.46. The van der Waals surface area contributed by atoms with E-state index in [1.807, 2.05) is 0 Å². The van der Waals surface area contributed by atoms with Crippen LogP contribution in [0.3, 0.4) is 0 Å². The van der Waals surface area contributed by atoms with Gasteiger partial charge in [-0.25, -0.2) is 0 Å². The van der Waals surface area contributed by atoms with Gasteiger partial charge in [-0.2, -0.15) is 0 Å². The van der Waals surface area contributed by atoms with E-state index in [1.165, 1.54) is 11.1 Å². The highest BCUT2D eigenvalue weighted by atomic mass is 16.5. The van der Waals surface area contributed by atoms with Crippen molar-refractivity contribution in [2.45, 2.75) is 51.7 Å². The van der Waals surface area contributed by atoms with Crippen molar-refractivity contribution in [1.29, 1.82) is 0 Å². The molecule has 24 heavy (non-hydrogen) atoms. The molecule has 0 amide bonds. The maximum atomic E-state index is 10.7. The number of hydrogen-bond acceptors (Lipinski definition) is 4. The van der Waals surface area contributed by atoms with Crippen LogP contribution in [0, 0.1) is 11.8 Å². The summed E-state index contributed by atoms with van der Waals surface area (Å²) in [7, 11) is 3.38. The Kier molecular flexibility index (Phi) is 5.36. The first-order chi connectivity index (χ1) is 11.5. The molecule has 0 aromatic heterocycles. The number of nitrogens with zero attached hydrogens (tertiary/aromatic N) is 1. The highest BCUT2D eigenvalue weighted by Gasteiger charge is 2.39. The topological polar surface area (TPSA) is 41.9 Å². The Labute approximate surface area is 145 Å². The third kappa shape index (κ3) is 3.40. The van der Waals surface area contributed by atoms with Crippen LogP contribution >= 0.6 is 0 Å². The molecule has 0 saturated carbocycles. The van der Waals surface area contributed by atoms with Gasteiger partial charge >= 0.3 is 0 Å². The second-order valence-electron chi connectivity index (χ2n) is 7.70. The van der Waals surface area contributed by atoms with E-state index in [0.29, 0.717) is 17.9 Å². The van der Waals surface area contributed by atoms with E-state index < -0.39 is 0 Å². The lowest BCUT2D eigenvalue weighted by Crippen LogP contribution is -2.52. The molecule has 4 heteroatoms. The molecule has 0 aromatic carbocycles. The van der Waals surface area contributed by atoms with Crippen molar-refractivity contribution >= 4 is 0 Å². The second-order valence-corrected chi connectivity index (χ2v) is 7.70. The molecule has 3 rings (SSSR count). The number of rotatable bonds is 4. The van der Waals surface area contributed by atoms with Gasteiger partial charge in [-0.1, -0.05) is 19.4 Å². The van der Waals surface area contributed by atoms with Gasteiger partial charge in [0.05, 0.1) is 20.3 Å². The van der Waals surface area contributed by atoms with E-state index in [1.54, 1.807) is 14.2 Å². The number of piperidine rings is 1. The summed E-state index contributed by atoms with van der Waals surface area (Å²) in [4.78, 5) is 2.57. The summed E-state index contributed by atoms with van der Waals surface area (Å²) in [6.45, 7) is 6.58. The van der Waals surface area contributed by atoms with E-state index in [9.17, 15) is 5.11 Å². The number of allylic oxidation sites excluding steroid dienone is 1. The van der Waals surface area contributed by atoms with Gasteiger partial charge in [0, 0.05) is 19.1 Å². The predicted octanol–water partition coefficient (Wildman–Crippen LogP) is 3.25. The monoisotopic (exact) mass is 333 g/mol. The minimum atomic E-state index is -0.210. The van der Waals surface area contributed by atoms with E-state index in [-0.39, 0.29) is 6.10 Å². The average molecular weight is 333 g/mol. The van der Waals surface area contributed by atoms with Crippen LogP contribution in [0.2, 0.25) is 0 Å². The fourth-order valence-corrected chi connectivity index (χ4v) is 4.48. The first-order valence-electron chi connectivity index (χ1n) is 9.17. The minimum absolute atomic E-state index is 0.210. The first-order valence-corrected chi connectivity index (χ1v) is 9.17. The summed E-state index contributed by atoms with van der Waals surface area (Å²) in [6, 6.07) is 0.307. The Hall–Kier alpha value is -1.26. The van der Waals surface area contributed by atoms with Crippen LogP contribution in [-0.2, 0) is 9.47 Å². The number of methoxy groups -OCH3 is 2. The molecular formula is C20H31NO3. The number of hydrogen-bond donors (Lipinski definition) is 1. The summed E-state index contributed by atoms with van der Waals surface area (Å²) in [6.07, 6.45) is 7.99. The lowest BCUT2D eigenvalue weighted by molar-refractivity contribution is -0.00690. The zero-order chi connectivity index (χ0) is 17.3. The molecule has 3 aliphatic rings. The van der Waals surface area contributed by atoms with Gasteiger partial charge in [0.25, 0.3) is 0 Å². The SMILES string of the molecule is COC1=CCC2=C(C=C1OC)C1C[C@@H](O)C(CC(C)C)CN1CC2. The zero-order valence-corrected chi connectivity index (χ0v) is 15.4. The molecule has 1 fully saturated rings. The Bertz CT molecular complexity index is 561. The van der Waals surface area contributed by atoms with Crippen LogP contribution in [0.5, 0.6) is 0 Å². The van der Waals surface area contributed by atoms with Crippen molar-refractivity contribution in [2.24, 2.45) is 11.8 Å². The summed E-state index contributed by atoms with van der Waals surface area (Å²) in [5.41, 5.74) is 2.80. The van der Waals surface area contributed by atoms with Gasteiger partial charge in [0.15, 0.2) is 11.5 Å². The fourth-order valence-electron chi connectivity index (χ4n) is 4.48. The molecule has 134 valence electrons. The van der Waals surface area contributed by atoms with Crippen LogP contribution in [0.15, 0.2) is 34.8 Å². The molecule has 2 heterocycles. The van der Waals surface area contributed by atoms with Crippen molar-refractivity contribution < 1.29 is 14.6 Å². The number of ether oxygens (including phenoxy) is 2. The van der Waals surface area contributed by atoms with Crippen molar-refractivity contribution in [3.8, 4) is 0 Å². The standard InChI is InChI=1S/C20H31NO3/c1-13(2)9-15-12-21-8-7-14-5-6-19(23-3)20(24-4)10-16(14)17(21)11-18(15)22/h6,10,13,15,17-18,22H,5,7-9,11-12H2,1-4H3/t15?,17?,18-/m1/s1. The van der Waals surface area contributed by atoms with Crippen LogP contribution in [-0.4, -0.2) is 49.5 Å². The summed E-state index contributed by atoms with van der Waals surface area (Å²) >= 11 is 0. The molecule has 0 aromatic rings. The van der Waals surface area contributed by atoms with Crippen molar-refractivity contribution in [2.75, 3.05) is 27.3 Å². The number of aliphatic hydroxyl groups excluding tert-OH is 1. The molecule has 3 atom stereocenters. The van der Waals surface area contributed by atoms with E-state index in [2.05, 4.69) is 30.9 Å². The van der Waals surface area contributed by atoms with Gasteiger partial charge in [-0.3, -0.25) is 4.90 Å². The van der Waals surface area contributed by atoms with Crippen molar-refractivity contribution in [3.05, 3.63) is 34.8 Å². The van der Waals surface area contributed by atoms with Crippen LogP contribution in [0.1, 0.15) is 39.5 Å². The van der Waals surface area contributed by atoms with Gasteiger partial charge in [0.2, 0.25) is 0 Å². The third-order valence-electron chi connectivity index (χ3n) is 5.66. The van der Waals surface area contributed by atoms with Crippen LogP contribution in [0.4, 0.5) is 0 Å². The summed E-state index contributed by atoms with van der Waals surface area (Å²) < 4.78 is 11.0. The Morgan fingerprint density at radius 1 is 1.25 bits per heavy atom. The van der Waals surface area contributed by atoms with Gasteiger partial charge < -0.3 is 14.6 Å². The minimum Gasteiger partial charge on any atom is -0.493 e. The fraction of sp³-hybridized carbons (Fsp3) is 0.700. The largest absolute Gasteiger partial charge is 0.493 e. The second kappa shape index (κ2) is 7.32. The zero-order valence-electron chi connectivity index (χ0n) is 15.4. The molecule has 2 aliphatic heterocycles. The normalized spacial score (nSPS) is 31.0. The van der Waals surface area contributed by atoms with Crippen molar-refractivity contribution in [1.82, 2.24) is 4.90 Å². The molecule has 1 N–H and O–H groups in total. The average Bonchev–Trinajstić information content (AvgIpc) is 2.74. The highest BCUT2D eigenvalue weighted by molar-refractivity contribution is 5.43. The summed E-state index contributed by atoms with van der Waals surface area (Å²) in [5, 5.41) is 10.7. The molecule has 0 bridgehead atoms. The molecular weight excluding hydrogens is 302 g/mol. The lowest BCUT2D eigenvalue weighted by atomic mass is 9.78. The maximum absolute atomic E-state index is 10.7. The molecule has 2 unspecified atom stereocenters. The molecule has 0 radical (unpaired) electrons. The van der Waals surface area contributed by atoms with Crippen LogP contribution in [0.25, 0.3) is 0 Å². The molecule has 1 saturated heterocycles. The number of aliphatic hydroxyl groups is 1. The highest BCUT2D eigenvalue weighted by Crippen LogP contribution is 2.39. The molecule has 1 aliphatic carbocycles. The number of fused-ring (bicyclic) bond motifs is 2. The van der Waals surface area contributed by atoms with Gasteiger partial charge in [0.1, 0.15) is 0 Å². The molecule has 0 spiro atoms. The first kappa shape index (κ1) is 17.6. The van der Waals surface area contributed by atoms with E-state index in [4.69, 9.17) is 9.47 Å². The Morgan fingerprint density at radius 2 is 2.00 bits per heavy atom.